The van der Waals surface area contributed by atoms with Gasteiger partial charge >= 0.3 is 0 Å². The van der Waals surface area contributed by atoms with Gasteiger partial charge in [0.15, 0.2) is 5.75 Å². The molecule has 0 aliphatic carbocycles. The van der Waals surface area contributed by atoms with E-state index in [-0.39, 0.29) is 12.3 Å². The van der Waals surface area contributed by atoms with Gasteiger partial charge in [-0.1, -0.05) is 22.8 Å². The molecule has 0 bridgehead atoms. The summed E-state index contributed by atoms with van der Waals surface area (Å²) in [4.78, 5) is 20.5. The molecule has 0 saturated heterocycles. The van der Waals surface area contributed by atoms with Crippen molar-refractivity contribution in [1.29, 1.82) is 0 Å². The number of amides is 1. The van der Waals surface area contributed by atoms with Gasteiger partial charge in [-0.3, -0.25) is 9.78 Å². The largest absolute Gasteiger partial charge is 0.490 e. The predicted octanol–water partition coefficient (Wildman–Crippen LogP) is 3.76. The molecule has 0 atom stereocenters. The van der Waals surface area contributed by atoms with Crippen LogP contribution in [0.1, 0.15) is 19.2 Å². The highest BCUT2D eigenvalue weighted by molar-refractivity contribution is 6.32. The van der Waals surface area contributed by atoms with Crippen molar-refractivity contribution in [3.63, 3.8) is 0 Å². The Hall–Kier alpha value is -2.93. The Morgan fingerprint density at radius 3 is 2.85 bits per heavy atom. The van der Waals surface area contributed by atoms with Crippen LogP contribution in [0, 0.1) is 0 Å². The maximum Gasteiger partial charge on any atom is 0.227 e. The molecule has 1 amide bonds. The molecule has 0 radical (unpaired) electrons. The van der Waals surface area contributed by atoms with Crippen LogP contribution in [0.5, 0.6) is 5.75 Å². The monoisotopic (exact) mass is 372 g/mol. The minimum atomic E-state index is -0.197. The zero-order chi connectivity index (χ0) is 18.4. The van der Waals surface area contributed by atoms with Crippen molar-refractivity contribution in [2.75, 3.05) is 11.9 Å². The average molecular weight is 373 g/mol. The van der Waals surface area contributed by atoms with E-state index in [1.807, 2.05) is 6.92 Å². The van der Waals surface area contributed by atoms with Crippen LogP contribution in [-0.4, -0.2) is 27.6 Å². The molecule has 0 spiro atoms. The number of aromatic nitrogens is 3. The summed E-state index contributed by atoms with van der Waals surface area (Å²) >= 11 is 6.11. The standard InChI is InChI=1S/C18H17ClN4O3/c1-2-25-17-13(19)4-3-5-14(17)21-15(24)6-7-16-22-18(23-26-16)12-8-10-20-11-9-12/h3-5,8-11H,2,6-7H2,1H3,(H,21,24). The summed E-state index contributed by atoms with van der Waals surface area (Å²) in [6.07, 6.45) is 3.82. The zero-order valence-electron chi connectivity index (χ0n) is 14.1. The van der Waals surface area contributed by atoms with Crippen LogP contribution in [0.25, 0.3) is 11.4 Å². The first kappa shape index (κ1) is 17.9. The van der Waals surface area contributed by atoms with Gasteiger partial charge in [0.1, 0.15) is 0 Å². The number of aryl methyl sites for hydroxylation is 1. The predicted molar refractivity (Wildman–Crippen MR) is 97.1 cm³/mol. The van der Waals surface area contributed by atoms with Crippen LogP contribution >= 0.6 is 11.6 Å². The lowest BCUT2D eigenvalue weighted by molar-refractivity contribution is -0.116. The second kappa shape index (κ2) is 8.44. The SMILES string of the molecule is CCOc1c(Cl)cccc1NC(=O)CCc1nc(-c2ccncc2)no1. The number of carbonyl (C=O) groups is 1. The number of halogens is 1. The number of hydrogen-bond acceptors (Lipinski definition) is 6. The Bertz CT molecular complexity index is 883. The fourth-order valence-electron chi connectivity index (χ4n) is 2.31. The highest BCUT2D eigenvalue weighted by atomic mass is 35.5. The Labute approximate surface area is 155 Å². The van der Waals surface area contributed by atoms with Gasteiger partial charge in [-0.05, 0) is 31.2 Å². The van der Waals surface area contributed by atoms with Crippen LogP contribution in [0.3, 0.4) is 0 Å². The van der Waals surface area contributed by atoms with Crippen LogP contribution in [0.4, 0.5) is 5.69 Å². The number of benzene rings is 1. The quantitative estimate of drug-likeness (QED) is 0.679. The summed E-state index contributed by atoms with van der Waals surface area (Å²) < 4.78 is 10.7. The van der Waals surface area contributed by atoms with Crippen LogP contribution < -0.4 is 10.1 Å². The summed E-state index contributed by atoms with van der Waals surface area (Å²) in [5.41, 5.74) is 1.34. The maximum absolute atomic E-state index is 12.2. The molecule has 0 saturated carbocycles. The number of rotatable bonds is 7. The summed E-state index contributed by atoms with van der Waals surface area (Å²) in [7, 11) is 0. The van der Waals surface area contributed by atoms with Crippen molar-refractivity contribution >= 4 is 23.2 Å². The average Bonchev–Trinajstić information content (AvgIpc) is 3.13. The van der Waals surface area contributed by atoms with Crippen molar-refractivity contribution in [2.24, 2.45) is 0 Å². The van der Waals surface area contributed by atoms with E-state index in [4.69, 9.17) is 20.9 Å². The van der Waals surface area contributed by atoms with Crippen molar-refractivity contribution in [3.8, 4) is 17.1 Å². The normalized spacial score (nSPS) is 10.5. The molecule has 26 heavy (non-hydrogen) atoms. The minimum absolute atomic E-state index is 0.191. The van der Waals surface area contributed by atoms with Crippen molar-refractivity contribution in [3.05, 3.63) is 53.6 Å². The third kappa shape index (κ3) is 4.37. The molecule has 2 aromatic heterocycles. The smallest absolute Gasteiger partial charge is 0.227 e. The molecular formula is C18H17ClN4O3. The number of anilines is 1. The lowest BCUT2D eigenvalue weighted by atomic mass is 10.2. The first-order chi connectivity index (χ1) is 12.7. The molecule has 3 aromatic rings. The minimum Gasteiger partial charge on any atom is -0.490 e. The van der Waals surface area contributed by atoms with Gasteiger partial charge in [-0.15, -0.1) is 0 Å². The lowest BCUT2D eigenvalue weighted by Crippen LogP contribution is -2.13. The van der Waals surface area contributed by atoms with Crippen molar-refractivity contribution in [1.82, 2.24) is 15.1 Å². The van der Waals surface area contributed by atoms with Crippen molar-refractivity contribution in [2.45, 2.75) is 19.8 Å². The van der Waals surface area contributed by atoms with E-state index in [2.05, 4.69) is 20.4 Å². The van der Waals surface area contributed by atoms with Gasteiger partial charge in [0.2, 0.25) is 17.6 Å². The van der Waals surface area contributed by atoms with E-state index < -0.39 is 0 Å². The number of hydrogen-bond donors (Lipinski definition) is 1. The highest BCUT2D eigenvalue weighted by Gasteiger charge is 2.13. The molecule has 1 N–H and O–H groups in total. The van der Waals surface area contributed by atoms with Gasteiger partial charge in [0.05, 0.1) is 17.3 Å². The van der Waals surface area contributed by atoms with Gasteiger partial charge in [-0.2, -0.15) is 4.98 Å². The fraction of sp³-hybridized carbons (Fsp3) is 0.222. The topological polar surface area (TPSA) is 90.1 Å². The fourth-order valence-corrected chi connectivity index (χ4v) is 2.54. The highest BCUT2D eigenvalue weighted by Crippen LogP contribution is 2.33. The van der Waals surface area contributed by atoms with Crippen LogP contribution in [0.2, 0.25) is 5.02 Å². The number of pyridine rings is 1. The summed E-state index contributed by atoms with van der Waals surface area (Å²) in [5, 5.41) is 7.16. The molecule has 7 nitrogen and oxygen atoms in total. The van der Waals surface area contributed by atoms with E-state index in [9.17, 15) is 4.79 Å². The molecule has 134 valence electrons. The summed E-state index contributed by atoms with van der Waals surface area (Å²) in [5.74, 6) is 1.12. The Balaban J connectivity index is 1.60. The summed E-state index contributed by atoms with van der Waals surface area (Å²) in [6.45, 7) is 2.30. The number of para-hydroxylation sites is 1. The second-order valence-electron chi connectivity index (χ2n) is 5.35. The molecular weight excluding hydrogens is 356 g/mol. The molecule has 0 fully saturated rings. The third-order valence-corrected chi connectivity index (χ3v) is 3.80. The van der Waals surface area contributed by atoms with Crippen LogP contribution in [-0.2, 0) is 11.2 Å². The third-order valence-electron chi connectivity index (χ3n) is 3.50. The summed E-state index contributed by atoms with van der Waals surface area (Å²) in [6, 6.07) is 8.77. The van der Waals surface area contributed by atoms with Crippen LogP contribution in [0.15, 0.2) is 47.2 Å². The lowest BCUT2D eigenvalue weighted by Gasteiger charge is -2.12. The molecule has 3 rings (SSSR count). The first-order valence-electron chi connectivity index (χ1n) is 8.11. The number of carbonyl (C=O) groups excluding carboxylic acids is 1. The van der Waals surface area contributed by atoms with Gasteiger partial charge in [0, 0.05) is 30.8 Å². The number of nitrogens with zero attached hydrogens (tertiary/aromatic N) is 3. The molecule has 2 heterocycles. The second-order valence-corrected chi connectivity index (χ2v) is 5.75. The molecule has 0 aliphatic heterocycles. The Kier molecular flexibility index (Phi) is 5.80. The Morgan fingerprint density at radius 2 is 2.08 bits per heavy atom. The van der Waals surface area contributed by atoms with E-state index >= 15 is 0 Å². The zero-order valence-corrected chi connectivity index (χ0v) is 14.9. The van der Waals surface area contributed by atoms with E-state index in [0.29, 0.717) is 41.2 Å². The number of ether oxygens (including phenoxy) is 1. The molecule has 0 aliphatic rings. The molecule has 1 aromatic carbocycles. The van der Waals surface area contributed by atoms with E-state index in [0.717, 1.165) is 5.56 Å². The van der Waals surface area contributed by atoms with E-state index in [1.165, 1.54) is 0 Å². The van der Waals surface area contributed by atoms with Gasteiger partial charge in [0.25, 0.3) is 0 Å². The molecule has 0 unspecified atom stereocenters. The van der Waals surface area contributed by atoms with Gasteiger partial charge in [-0.25, -0.2) is 0 Å². The maximum atomic E-state index is 12.2. The Morgan fingerprint density at radius 1 is 1.27 bits per heavy atom. The number of nitrogens with one attached hydrogen (secondary N) is 1. The van der Waals surface area contributed by atoms with E-state index in [1.54, 1.807) is 42.7 Å². The first-order valence-corrected chi connectivity index (χ1v) is 8.49. The van der Waals surface area contributed by atoms with Crippen molar-refractivity contribution < 1.29 is 14.1 Å². The van der Waals surface area contributed by atoms with Gasteiger partial charge < -0.3 is 14.6 Å². The molecule has 8 heteroatoms.